The van der Waals surface area contributed by atoms with Crippen LogP contribution in [0.2, 0.25) is 0 Å². The van der Waals surface area contributed by atoms with Gasteiger partial charge in [-0.05, 0) is 59.8 Å². The Hall–Kier alpha value is -0.210. The molecule has 0 atom stereocenters. The second-order valence-electron chi connectivity index (χ2n) is 5.75. The molecule has 0 fully saturated rings. The summed E-state index contributed by atoms with van der Waals surface area (Å²) in [6.45, 7) is 10.1. The molecule has 0 spiro atoms. The van der Waals surface area contributed by atoms with Crippen LogP contribution in [0.3, 0.4) is 0 Å². The largest absolute Gasteiger partial charge is 0.317 e. The first-order chi connectivity index (χ1) is 9.81. The number of rotatable bonds is 13. The minimum Gasteiger partial charge on any atom is -0.317 e. The van der Waals surface area contributed by atoms with Crippen LogP contribution in [-0.2, 0) is 10.2 Å². The monoisotopic (exact) mass is 322 g/mol. The fourth-order valence-electron chi connectivity index (χ4n) is 1.75. The van der Waals surface area contributed by atoms with E-state index in [0.717, 1.165) is 38.9 Å². The maximum atomic E-state index is 12.0. The average molecular weight is 323 g/mol. The van der Waals surface area contributed by atoms with Crippen LogP contribution in [0.4, 0.5) is 0 Å². The van der Waals surface area contributed by atoms with Crippen molar-refractivity contribution >= 4 is 10.2 Å². The Labute approximate surface area is 131 Å². The molecule has 0 rings (SSSR count). The van der Waals surface area contributed by atoms with E-state index in [1.807, 2.05) is 0 Å². The summed E-state index contributed by atoms with van der Waals surface area (Å²) in [5.74, 6) is 0. The van der Waals surface area contributed by atoms with Gasteiger partial charge in [0, 0.05) is 26.2 Å². The van der Waals surface area contributed by atoms with E-state index in [0.29, 0.717) is 19.1 Å². The van der Waals surface area contributed by atoms with Gasteiger partial charge < -0.3 is 10.2 Å². The van der Waals surface area contributed by atoms with E-state index in [4.69, 9.17) is 0 Å². The molecule has 0 aromatic rings. The van der Waals surface area contributed by atoms with Gasteiger partial charge in [0.1, 0.15) is 0 Å². The minimum absolute atomic E-state index is 0.484. The van der Waals surface area contributed by atoms with Gasteiger partial charge in [0.15, 0.2) is 0 Å². The number of hydrogen-bond acceptors (Lipinski definition) is 4. The van der Waals surface area contributed by atoms with Crippen molar-refractivity contribution < 1.29 is 8.42 Å². The van der Waals surface area contributed by atoms with Gasteiger partial charge in [-0.3, -0.25) is 0 Å². The summed E-state index contributed by atoms with van der Waals surface area (Å²) in [7, 11) is 0.343. The highest BCUT2D eigenvalue weighted by Crippen LogP contribution is 1.98. The molecule has 0 radical (unpaired) electrons. The fraction of sp³-hybridized carbons (Fsp3) is 1.00. The normalized spacial score (nSPS) is 12.8. The van der Waals surface area contributed by atoms with Crippen molar-refractivity contribution in [1.82, 2.24) is 19.2 Å². The Morgan fingerprint density at radius 3 is 2.19 bits per heavy atom. The van der Waals surface area contributed by atoms with Gasteiger partial charge in [0.2, 0.25) is 0 Å². The quantitative estimate of drug-likeness (QED) is 0.494. The Morgan fingerprint density at radius 2 is 1.62 bits per heavy atom. The maximum absolute atomic E-state index is 12.0. The van der Waals surface area contributed by atoms with Crippen LogP contribution in [0.25, 0.3) is 0 Å². The zero-order chi connectivity index (χ0) is 16.3. The van der Waals surface area contributed by atoms with E-state index in [2.05, 4.69) is 42.8 Å². The maximum Gasteiger partial charge on any atom is 0.279 e. The van der Waals surface area contributed by atoms with Crippen LogP contribution in [-0.4, -0.2) is 70.5 Å². The van der Waals surface area contributed by atoms with Crippen molar-refractivity contribution in [3.63, 3.8) is 0 Å². The lowest BCUT2D eigenvalue weighted by Crippen LogP contribution is -2.40. The fourth-order valence-corrected chi connectivity index (χ4v) is 2.74. The standard InChI is InChI=1S/C14H34N4O2S/c1-6-9-15-10-7-13-18(5)21(19,20)16-11-8-12-17(4)14(2)3/h14-16H,6-13H2,1-5H3. The first-order valence-electron chi connectivity index (χ1n) is 7.93. The second kappa shape index (κ2) is 11.4. The van der Waals surface area contributed by atoms with Crippen molar-refractivity contribution in [3.05, 3.63) is 0 Å². The molecule has 0 saturated carbocycles. The van der Waals surface area contributed by atoms with Crippen molar-refractivity contribution in [2.75, 3.05) is 46.8 Å². The topological polar surface area (TPSA) is 64.7 Å². The Balaban J connectivity index is 3.85. The highest BCUT2D eigenvalue weighted by atomic mass is 32.2. The molecular weight excluding hydrogens is 288 g/mol. The number of nitrogens with zero attached hydrogens (tertiary/aromatic N) is 2. The van der Waals surface area contributed by atoms with Gasteiger partial charge in [0.25, 0.3) is 10.2 Å². The first kappa shape index (κ1) is 20.8. The highest BCUT2D eigenvalue weighted by molar-refractivity contribution is 7.87. The van der Waals surface area contributed by atoms with Gasteiger partial charge in [-0.1, -0.05) is 6.92 Å². The first-order valence-corrected chi connectivity index (χ1v) is 9.37. The molecule has 128 valence electrons. The molecule has 0 heterocycles. The summed E-state index contributed by atoms with van der Waals surface area (Å²) in [4.78, 5) is 2.21. The molecule has 0 saturated heterocycles. The van der Waals surface area contributed by atoms with Gasteiger partial charge >= 0.3 is 0 Å². The minimum atomic E-state index is -3.33. The van der Waals surface area contributed by atoms with E-state index < -0.39 is 10.2 Å². The Morgan fingerprint density at radius 1 is 1.00 bits per heavy atom. The third-order valence-electron chi connectivity index (χ3n) is 3.52. The van der Waals surface area contributed by atoms with Crippen molar-refractivity contribution in [2.45, 2.75) is 46.1 Å². The predicted molar refractivity (Wildman–Crippen MR) is 89.7 cm³/mol. The molecule has 0 aliphatic carbocycles. The molecule has 0 bridgehead atoms. The zero-order valence-electron chi connectivity index (χ0n) is 14.4. The summed E-state index contributed by atoms with van der Waals surface area (Å²) in [5, 5.41) is 3.27. The molecular formula is C14H34N4O2S. The smallest absolute Gasteiger partial charge is 0.279 e. The summed E-state index contributed by atoms with van der Waals surface area (Å²) >= 11 is 0. The zero-order valence-corrected chi connectivity index (χ0v) is 15.2. The Kier molecular flexibility index (Phi) is 11.3. The van der Waals surface area contributed by atoms with Gasteiger partial charge in [-0.2, -0.15) is 12.7 Å². The molecule has 0 aromatic heterocycles. The predicted octanol–water partition coefficient (Wildman–Crippen LogP) is 0.873. The van der Waals surface area contributed by atoms with Gasteiger partial charge in [-0.25, -0.2) is 4.72 Å². The van der Waals surface area contributed by atoms with Crippen molar-refractivity contribution in [2.24, 2.45) is 0 Å². The van der Waals surface area contributed by atoms with Crippen LogP contribution >= 0.6 is 0 Å². The summed E-state index contributed by atoms with van der Waals surface area (Å²) in [6.07, 6.45) is 2.74. The molecule has 2 N–H and O–H groups in total. The van der Waals surface area contributed by atoms with Crippen LogP contribution in [0.15, 0.2) is 0 Å². The second-order valence-corrected chi connectivity index (χ2v) is 7.61. The lowest BCUT2D eigenvalue weighted by Gasteiger charge is -2.21. The molecule has 0 aliphatic rings. The van der Waals surface area contributed by atoms with Crippen molar-refractivity contribution in [1.29, 1.82) is 0 Å². The molecule has 0 aromatic carbocycles. The van der Waals surface area contributed by atoms with Gasteiger partial charge in [0.05, 0.1) is 0 Å². The highest BCUT2D eigenvalue weighted by Gasteiger charge is 2.16. The van der Waals surface area contributed by atoms with Crippen LogP contribution in [0, 0.1) is 0 Å². The molecule has 0 aliphatic heterocycles. The molecule has 0 unspecified atom stereocenters. The number of nitrogens with one attached hydrogen (secondary N) is 2. The van der Waals surface area contributed by atoms with Crippen molar-refractivity contribution in [3.8, 4) is 0 Å². The Bertz CT molecular complexity index is 347. The van der Waals surface area contributed by atoms with E-state index in [1.54, 1.807) is 7.05 Å². The lowest BCUT2D eigenvalue weighted by atomic mass is 10.3. The van der Waals surface area contributed by atoms with Crippen LogP contribution in [0.5, 0.6) is 0 Å². The summed E-state index contributed by atoms with van der Waals surface area (Å²) in [5.41, 5.74) is 0. The molecule has 0 amide bonds. The molecule has 21 heavy (non-hydrogen) atoms. The van der Waals surface area contributed by atoms with E-state index in [9.17, 15) is 8.42 Å². The van der Waals surface area contributed by atoms with Crippen LogP contribution < -0.4 is 10.0 Å². The van der Waals surface area contributed by atoms with E-state index >= 15 is 0 Å². The van der Waals surface area contributed by atoms with E-state index in [-0.39, 0.29) is 0 Å². The van der Waals surface area contributed by atoms with E-state index in [1.165, 1.54) is 4.31 Å². The van der Waals surface area contributed by atoms with Crippen LogP contribution in [0.1, 0.15) is 40.0 Å². The third-order valence-corrected chi connectivity index (χ3v) is 5.09. The number of hydrogen-bond donors (Lipinski definition) is 2. The average Bonchev–Trinajstić information content (AvgIpc) is 2.42. The molecule has 7 heteroatoms. The van der Waals surface area contributed by atoms with Gasteiger partial charge in [-0.15, -0.1) is 0 Å². The SMILES string of the molecule is CCCNCCCN(C)S(=O)(=O)NCCCN(C)C(C)C. The third kappa shape index (κ3) is 10.2. The summed E-state index contributed by atoms with van der Waals surface area (Å²) in [6, 6.07) is 0.486. The summed E-state index contributed by atoms with van der Waals surface area (Å²) < 4.78 is 28.1. The lowest BCUT2D eigenvalue weighted by molar-refractivity contribution is 0.271. The molecule has 6 nitrogen and oxygen atoms in total.